The average Bonchev–Trinajstić information content (AvgIpc) is 2.77. The maximum atomic E-state index is 13.1. The van der Waals surface area contributed by atoms with Gasteiger partial charge in [0.25, 0.3) is 15.9 Å². The van der Waals surface area contributed by atoms with Crippen LogP contribution in [0.3, 0.4) is 0 Å². The quantitative estimate of drug-likeness (QED) is 0.628. The van der Waals surface area contributed by atoms with Crippen molar-refractivity contribution in [1.82, 2.24) is 10.2 Å². The van der Waals surface area contributed by atoms with Crippen LogP contribution in [0.1, 0.15) is 24.2 Å². The lowest BCUT2D eigenvalue weighted by Gasteiger charge is -2.33. The van der Waals surface area contributed by atoms with Gasteiger partial charge in [0.15, 0.2) is 0 Å². The van der Waals surface area contributed by atoms with Crippen LogP contribution in [-0.4, -0.2) is 65.2 Å². The Balaban J connectivity index is 1.66. The first-order valence-corrected chi connectivity index (χ1v) is 12.5. The van der Waals surface area contributed by atoms with Gasteiger partial charge in [-0.3, -0.25) is 14.0 Å². The third-order valence-electron chi connectivity index (χ3n) is 5.26. The van der Waals surface area contributed by atoms with Gasteiger partial charge in [-0.2, -0.15) is 0 Å². The van der Waals surface area contributed by atoms with Crippen molar-refractivity contribution in [1.29, 1.82) is 0 Å². The predicted molar refractivity (Wildman–Crippen MR) is 127 cm³/mol. The standard InChI is InChI=1S/C23H30ClN3O4S/c1-17(2)15-27-10-11-31-21(16-27)14-25-23(28)18-6-4-9-22(12-18)32(29,30)26(3)20-8-5-7-19(24)13-20/h4-9,12-13,17,21H,10-11,14-16H2,1-3H3,(H,25,28)/t21-/m1/s1. The molecule has 2 aromatic rings. The maximum absolute atomic E-state index is 13.1. The molecule has 7 nitrogen and oxygen atoms in total. The highest BCUT2D eigenvalue weighted by atomic mass is 35.5. The van der Waals surface area contributed by atoms with Crippen LogP contribution < -0.4 is 9.62 Å². The second-order valence-electron chi connectivity index (χ2n) is 8.34. The number of rotatable bonds is 8. The number of hydrogen-bond acceptors (Lipinski definition) is 5. The molecule has 0 spiro atoms. The number of anilines is 1. The smallest absolute Gasteiger partial charge is 0.264 e. The zero-order valence-electron chi connectivity index (χ0n) is 18.6. The van der Waals surface area contributed by atoms with Crippen molar-refractivity contribution in [2.45, 2.75) is 24.8 Å². The van der Waals surface area contributed by atoms with Gasteiger partial charge in [0, 0.05) is 43.8 Å². The van der Waals surface area contributed by atoms with E-state index in [4.69, 9.17) is 16.3 Å². The van der Waals surface area contributed by atoms with Gasteiger partial charge in [0.05, 0.1) is 23.3 Å². The highest BCUT2D eigenvalue weighted by molar-refractivity contribution is 7.92. The molecule has 1 N–H and O–H groups in total. The molecule has 32 heavy (non-hydrogen) atoms. The molecular weight excluding hydrogens is 450 g/mol. The molecule has 0 radical (unpaired) electrons. The van der Waals surface area contributed by atoms with Gasteiger partial charge in [0.2, 0.25) is 0 Å². The van der Waals surface area contributed by atoms with Gasteiger partial charge in [-0.25, -0.2) is 8.42 Å². The number of ether oxygens (including phenoxy) is 1. The molecule has 174 valence electrons. The van der Waals surface area contributed by atoms with Crippen LogP contribution in [0.25, 0.3) is 0 Å². The molecule has 0 aromatic heterocycles. The Morgan fingerprint density at radius 3 is 2.72 bits per heavy atom. The van der Waals surface area contributed by atoms with E-state index in [2.05, 4.69) is 24.1 Å². The second-order valence-corrected chi connectivity index (χ2v) is 10.7. The normalized spacial score (nSPS) is 17.3. The second kappa shape index (κ2) is 10.7. The minimum atomic E-state index is -3.86. The van der Waals surface area contributed by atoms with Crippen LogP contribution in [0.15, 0.2) is 53.4 Å². The number of hydrogen-bond donors (Lipinski definition) is 1. The lowest BCUT2D eigenvalue weighted by molar-refractivity contribution is -0.0295. The van der Waals surface area contributed by atoms with E-state index in [1.165, 1.54) is 19.2 Å². The van der Waals surface area contributed by atoms with E-state index < -0.39 is 10.0 Å². The molecule has 1 aliphatic heterocycles. The van der Waals surface area contributed by atoms with E-state index in [0.717, 1.165) is 23.9 Å². The average molecular weight is 480 g/mol. The summed E-state index contributed by atoms with van der Waals surface area (Å²) >= 11 is 6.00. The first-order chi connectivity index (χ1) is 15.2. The van der Waals surface area contributed by atoms with E-state index in [-0.39, 0.29) is 22.5 Å². The van der Waals surface area contributed by atoms with Gasteiger partial charge in [-0.15, -0.1) is 0 Å². The number of nitrogens with zero attached hydrogens (tertiary/aromatic N) is 2. The highest BCUT2D eigenvalue weighted by Gasteiger charge is 2.24. The van der Waals surface area contributed by atoms with Crippen LogP contribution in [0.2, 0.25) is 5.02 Å². The molecule has 1 amide bonds. The Morgan fingerprint density at radius 2 is 2.00 bits per heavy atom. The third kappa shape index (κ3) is 6.22. The number of halogens is 1. The van der Waals surface area contributed by atoms with Gasteiger partial charge >= 0.3 is 0 Å². The summed E-state index contributed by atoms with van der Waals surface area (Å²) < 4.78 is 33.1. The van der Waals surface area contributed by atoms with Crippen LogP contribution in [-0.2, 0) is 14.8 Å². The molecule has 1 heterocycles. The van der Waals surface area contributed by atoms with E-state index in [0.29, 0.717) is 29.8 Å². The van der Waals surface area contributed by atoms with Gasteiger partial charge in [-0.05, 0) is 42.3 Å². The molecule has 9 heteroatoms. The molecule has 0 saturated carbocycles. The molecule has 1 saturated heterocycles. The number of sulfonamides is 1. The Bertz CT molecular complexity index is 1050. The SMILES string of the molecule is CC(C)CN1CCO[C@H](CNC(=O)c2cccc(S(=O)(=O)N(C)c3cccc(Cl)c3)c2)C1. The molecule has 3 rings (SSSR count). The first-order valence-electron chi connectivity index (χ1n) is 10.6. The zero-order valence-corrected chi connectivity index (χ0v) is 20.2. The Morgan fingerprint density at radius 1 is 1.25 bits per heavy atom. The molecule has 0 bridgehead atoms. The summed E-state index contributed by atoms with van der Waals surface area (Å²) in [5.74, 6) is 0.232. The third-order valence-corrected chi connectivity index (χ3v) is 7.28. The summed E-state index contributed by atoms with van der Waals surface area (Å²) in [6.07, 6.45) is -0.0904. The molecule has 2 aromatic carbocycles. The van der Waals surface area contributed by atoms with Crippen LogP contribution in [0.5, 0.6) is 0 Å². The molecule has 1 fully saturated rings. The minimum Gasteiger partial charge on any atom is -0.374 e. The van der Waals surface area contributed by atoms with E-state index in [1.807, 2.05) is 0 Å². The van der Waals surface area contributed by atoms with Crippen molar-refractivity contribution in [2.75, 3.05) is 44.1 Å². The van der Waals surface area contributed by atoms with Gasteiger partial charge in [0.1, 0.15) is 0 Å². The fourth-order valence-electron chi connectivity index (χ4n) is 3.66. The van der Waals surface area contributed by atoms with E-state index in [1.54, 1.807) is 36.4 Å². The fourth-order valence-corrected chi connectivity index (χ4v) is 5.08. The van der Waals surface area contributed by atoms with Crippen molar-refractivity contribution in [2.24, 2.45) is 5.92 Å². The first kappa shape index (κ1) is 24.5. The summed E-state index contributed by atoms with van der Waals surface area (Å²) in [4.78, 5) is 15.1. The minimum absolute atomic E-state index is 0.0321. The van der Waals surface area contributed by atoms with Gasteiger partial charge in [-0.1, -0.05) is 37.6 Å². The van der Waals surface area contributed by atoms with Crippen LogP contribution >= 0.6 is 11.6 Å². The zero-order chi connectivity index (χ0) is 23.3. The van der Waals surface area contributed by atoms with Crippen molar-refractivity contribution >= 4 is 33.2 Å². The fraction of sp³-hybridized carbons (Fsp3) is 0.435. The van der Waals surface area contributed by atoms with E-state index >= 15 is 0 Å². The summed E-state index contributed by atoms with van der Waals surface area (Å²) in [6.45, 7) is 8.01. The summed E-state index contributed by atoms with van der Waals surface area (Å²) in [5, 5.41) is 3.31. The monoisotopic (exact) mass is 479 g/mol. The number of nitrogens with one attached hydrogen (secondary N) is 1. The van der Waals surface area contributed by atoms with Crippen LogP contribution in [0.4, 0.5) is 5.69 Å². The molecular formula is C23H30ClN3O4S. The maximum Gasteiger partial charge on any atom is 0.264 e. The summed E-state index contributed by atoms with van der Waals surface area (Å²) in [5.41, 5.74) is 0.716. The van der Waals surface area contributed by atoms with Crippen molar-refractivity contribution < 1.29 is 17.9 Å². The molecule has 1 atom stereocenters. The molecule has 1 aliphatic rings. The predicted octanol–water partition coefficient (Wildman–Crippen LogP) is 3.25. The number of benzene rings is 2. The van der Waals surface area contributed by atoms with Crippen LogP contribution in [0, 0.1) is 5.92 Å². The molecule has 0 aliphatic carbocycles. The topological polar surface area (TPSA) is 79.0 Å². The lowest BCUT2D eigenvalue weighted by atomic mass is 10.1. The number of morpholine rings is 1. The summed E-state index contributed by atoms with van der Waals surface area (Å²) in [7, 11) is -2.40. The van der Waals surface area contributed by atoms with Gasteiger partial charge < -0.3 is 10.1 Å². The van der Waals surface area contributed by atoms with Crippen molar-refractivity contribution in [3.63, 3.8) is 0 Å². The Kier molecular flexibility index (Phi) is 8.16. The number of carbonyl (C=O) groups is 1. The lowest BCUT2D eigenvalue weighted by Crippen LogP contribution is -2.48. The Labute approximate surface area is 195 Å². The largest absolute Gasteiger partial charge is 0.374 e. The number of carbonyl (C=O) groups excluding carboxylic acids is 1. The number of amides is 1. The van der Waals surface area contributed by atoms with E-state index in [9.17, 15) is 13.2 Å². The van der Waals surface area contributed by atoms with Crippen molar-refractivity contribution in [3.8, 4) is 0 Å². The van der Waals surface area contributed by atoms with Crippen molar-refractivity contribution in [3.05, 3.63) is 59.1 Å². The molecule has 0 unspecified atom stereocenters. The highest BCUT2D eigenvalue weighted by Crippen LogP contribution is 2.25. The Hall–Kier alpha value is -2.13. The summed E-state index contributed by atoms with van der Waals surface area (Å²) in [6, 6.07) is 12.6.